The standard InChI is InChI=1S/C15H22N2O9S/c1-6(19)16-15(27)17-14-13(25-9(4)22)12(24-8(3)21)11(23-7(2)20)10(5-18)26-14/h10-14,18H,5H2,1-4H3,(H2,16,17,19,27)/t10-,11-,12+,13-,14-/m1/s1. The maximum absolute atomic E-state index is 11.5. The van der Waals surface area contributed by atoms with E-state index in [2.05, 4.69) is 10.6 Å². The van der Waals surface area contributed by atoms with Crippen LogP contribution in [0.3, 0.4) is 0 Å². The zero-order valence-electron chi connectivity index (χ0n) is 15.2. The topological polar surface area (TPSA) is 149 Å². The van der Waals surface area contributed by atoms with Crippen LogP contribution in [0, 0.1) is 0 Å². The molecule has 1 saturated heterocycles. The summed E-state index contributed by atoms with van der Waals surface area (Å²) in [5.41, 5.74) is 0. The first-order valence-corrected chi connectivity index (χ1v) is 8.32. The molecule has 0 aromatic heterocycles. The molecule has 12 heteroatoms. The van der Waals surface area contributed by atoms with Crippen LogP contribution in [0.1, 0.15) is 27.7 Å². The molecule has 0 aliphatic carbocycles. The van der Waals surface area contributed by atoms with E-state index in [1.165, 1.54) is 6.92 Å². The molecule has 0 aromatic carbocycles. The molecule has 1 aliphatic heterocycles. The van der Waals surface area contributed by atoms with Gasteiger partial charge in [-0.25, -0.2) is 0 Å². The minimum Gasteiger partial charge on any atom is -0.456 e. The second-order valence-corrected chi connectivity index (χ2v) is 6.06. The number of rotatable bonds is 5. The molecule has 1 amide bonds. The fraction of sp³-hybridized carbons (Fsp3) is 0.667. The van der Waals surface area contributed by atoms with E-state index < -0.39 is 61.1 Å². The summed E-state index contributed by atoms with van der Waals surface area (Å²) in [6, 6.07) is 0. The third-order valence-corrected chi connectivity index (χ3v) is 3.50. The minimum absolute atomic E-state index is 0.145. The summed E-state index contributed by atoms with van der Waals surface area (Å²) < 4.78 is 21.1. The predicted molar refractivity (Wildman–Crippen MR) is 92.0 cm³/mol. The van der Waals surface area contributed by atoms with Gasteiger partial charge in [-0.15, -0.1) is 0 Å². The Morgan fingerprint density at radius 1 is 0.926 bits per heavy atom. The second kappa shape index (κ2) is 10.1. The number of hydrogen-bond donors (Lipinski definition) is 3. The Bertz CT molecular complexity index is 612. The third kappa shape index (κ3) is 7.07. The Labute approximate surface area is 160 Å². The van der Waals surface area contributed by atoms with E-state index in [-0.39, 0.29) is 5.11 Å². The van der Waals surface area contributed by atoms with Crippen LogP contribution >= 0.6 is 12.2 Å². The summed E-state index contributed by atoms with van der Waals surface area (Å²) in [5, 5.41) is 14.4. The van der Waals surface area contributed by atoms with Crippen molar-refractivity contribution in [2.75, 3.05) is 6.61 Å². The van der Waals surface area contributed by atoms with Crippen molar-refractivity contribution in [1.29, 1.82) is 0 Å². The second-order valence-electron chi connectivity index (χ2n) is 5.65. The molecule has 1 fully saturated rings. The fourth-order valence-corrected chi connectivity index (χ4v) is 2.74. The normalized spacial score (nSPS) is 27.1. The smallest absolute Gasteiger partial charge is 0.303 e. The van der Waals surface area contributed by atoms with Crippen LogP contribution in [0.4, 0.5) is 0 Å². The molecule has 5 atom stereocenters. The zero-order chi connectivity index (χ0) is 20.7. The highest BCUT2D eigenvalue weighted by Crippen LogP contribution is 2.27. The first-order chi connectivity index (χ1) is 12.5. The number of hydrogen-bond acceptors (Lipinski definition) is 10. The van der Waals surface area contributed by atoms with Gasteiger partial charge in [-0.2, -0.15) is 0 Å². The molecule has 0 unspecified atom stereocenters. The quantitative estimate of drug-likeness (QED) is 0.278. The highest BCUT2D eigenvalue weighted by atomic mass is 32.1. The van der Waals surface area contributed by atoms with E-state index in [1.54, 1.807) is 0 Å². The number of carbonyl (C=O) groups is 4. The number of thiocarbonyl (C=S) groups is 1. The van der Waals surface area contributed by atoms with Gasteiger partial charge in [-0.05, 0) is 12.2 Å². The minimum atomic E-state index is -1.29. The lowest BCUT2D eigenvalue weighted by molar-refractivity contribution is -0.253. The number of nitrogens with one attached hydrogen (secondary N) is 2. The van der Waals surface area contributed by atoms with Crippen LogP contribution in [0.15, 0.2) is 0 Å². The summed E-state index contributed by atoms with van der Waals surface area (Å²) in [4.78, 5) is 45.6. The lowest BCUT2D eigenvalue weighted by atomic mass is 9.97. The Morgan fingerprint density at radius 2 is 1.41 bits per heavy atom. The van der Waals surface area contributed by atoms with E-state index in [4.69, 9.17) is 31.2 Å². The van der Waals surface area contributed by atoms with Gasteiger partial charge in [0.25, 0.3) is 0 Å². The van der Waals surface area contributed by atoms with Crippen molar-refractivity contribution in [2.45, 2.75) is 58.3 Å². The van der Waals surface area contributed by atoms with Crippen LogP contribution < -0.4 is 10.6 Å². The molecule has 152 valence electrons. The number of ether oxygens (including phenoxy) is 4. The van der Waals surface area contributed by atoms with Crippen molar-refractivity contribution >= 4 is 41.1 Å². The average molecular weight is 406 g/mol. The van der Waals surface area contributed by atoms with Gasteiger partial charge in [-0.3, -0.25) is 19.2 Å². The summed E-state index contributed by atoms with van der Waals surface area (Å²) in [5.74, 6) is -2.65. The van der Waals surface area contributed by atoms with Crippen molar-refractivity contribution in [3.8, 4) is 0 Å². The first kappa shape index (κ1) is 22.7. The molecule has 1 aliphatic rings. The van der Waals surface area contributed by atoms with Crippen molar-refractivity contribution in [2.24, 2.45) is 0 Å². The summed E-state index contributed by atoms with van der Waals surface area (Å²) in [6.45, 7) is 3.98. The molecule has 0 spiro atoms. The molecule has 0 bridgehead atoms. The van der Waals surface area contributed by atoms with Crippen molar-refractivity contribution in [3.05, 3.63) is 0 Å². The number of aliphatic hydroxyl groups is 1. The number of amides is 1. The number of esters is 3. The molecule has 3 N–H and O–H groups in total. The first-order valence-electron chi connectivity index (χ1n) is 7.91. The van der Waals surface area contributed by atoms with Crippen LogP contribution in [0.25, 0.3) is 0 Å². The summed E-state index contributed by atoms with van der Waals surface area (Å²) >= 11 is 4.96. The molecular weight excluding hydrogens is 384 g/mol. The maximum Gasteiger partial charge on any atom is 0.303 e. The molecular formula is C15H22N2O9S. The van der Waals surface area contributed by atoms with Gasteiger partial charge in [-0.1, -0.05) is 0 Å². The van der Waals surface area contributed by atoms with Gasteiger partial charge in [0.2, 0.25) is 5.91 Å². The van der Waals surface area contributed by atoms with E-state index >= 15 is 0 Å². The van der Waals surface area contributed by atoms with Gasteiger partial charge in [0.15, 0.2) is 29.7 Å². The van der Waals surface area contributed by atoms with Crippen LogP contribution in [-0.4, -0.2) is 71.3 Å². The van der Waals surface area contributed by atoms with Gasteiger partial charge in [0.05, 0.1) is 6.61 Å². The highest BCUT2D eigenvalue weighted by molar-refractivity contribution is 7.80. The summed E-state index contributed by atoms with van der Waals surface area (Å²) in [7, 11) is 0. The van der Waals surface area contributed by atoms with Gasteiger partial charge < -0.3 is 34.7 Å². The molecule has 27 heavy (non-hydrogen) atoms. The Hall–Kier alpha value is -2.31. The largest absolute Gasteiger partial charge is 0.456 e. The number of carbonyl (C=O) groups excluding carboxylic acids is 4. The molecule has 1 rings (SSSR count). The molecule has 11 nitrogen and oxygen atoms in total. The average Bonchev–Trinajstić information content (AvgIpc) is 2.50. The maximum atomic E-state index is 11.5. The fourth-order valence-electron chi connectivity index (χ4n) is 2.48. The monoisotopic (exact) mass is 406 g/mol. The zero-order valence-corrected chi connectivity index (χ0v) is 16.0. The van der Waals surface area contributed by atoms with Crippen molar-refractivity contribution in [3.63, 3.8) is 0 Å². The predicted octanol–water partition coefficient (Wildman–Crippen LogP) is -1.49. The SMILES string of the molecule is CC(=O)NC(=S)N[C@@H]1O[C@H](CO)[C@@H](OC(C)=O)[C@H](OC(C)=O)[C@H]1OC(C)=O. The Balaban J connectivity index is 3.22. The highest BCUT2D eigenvalue weighted by Gasteiger charge is 2.51. The van der Waals surface area contributed by atoms with Crippen LogP contribution in [0.5, 0.6) is 0 Å². The van der Waals surface area contributed by atoms with Gasteiger partial charge in [0, 0.05) is 27.7 Å². The Kier molecular flexibility index (Phi) is 8.53. The van der Waals surface area contributed by atoms with Crippen LogP contribution in [0.2, 0.25) is 0 Å². The lowest BCUT2D eigenvalue weighted by Gasteiger charge is -2.44. The van der Waals surface area contributed by atoms with Crippen molar-refractivity contribution < 1.29 is 43.2 Å². The lowest BCUT2D eigenvalue weighted by Crippen LogP contribution is -2.66. The Morgan fingerprint density at radius 3 is 1.85 bits per heavy atom. The van der Waals surface area contributed by atoms with Crippen molar-refractivity contribution in [1.82, 2.24) is 10.6 Å². The van der Waals surface area contributed by atoms with Gasteiger partial charge in [0.1, 0.15) is 6.10 Å². The molecule has 1 heterocycles. The van der Waals surface area contributed by atoms with Crippen LogP contribution in [-0.2, 0) is 38.1 Å². The van der Waals surface area contributed by atoms with E-state index in [0.717, 1.165) is 20.8 Å². The number of aliphatic hydroxyl groups excluding tert-OH is 1. The van der Waals surface area contributed by atoms with Gasteiger partial charge >= 0.3 is 17.9 Å². The van der Waals surface area contributed by atoms with E-state index in [1.807, 2.05) is 0 Å². The van der Waals surface area contributed by atoms with E-state index in [9.17, 15) is 24.3 Å². The molecule has 0 aromatic rings. The summed E-state index contributed by atoms with van der Waals surface area (Å²) in [6.07, 6.45) is -6.15. The van der Waals surface area contributed by atoms with E-state index in [0.29, 0.717) is 0 Å². The third-order valence-electron chi connectivity index (χ3n) is 3.28. The molecule has 0 radical (unpaired) electrons. The molecule has 0 saturated carbocycles.